The van der Waals surface area contributed by atoms with Crippen LogP contribution in [0.5, 0.6) is 0 Å². The molecule has 1 aromatic heterocycles. The zero-order valence-corrected chi connectivity index (χ0v) is 13.0. The van der Waals surface area contributed by atoms with Gasteiger partial charge in [-0.1, -0.05) is 17.7 Å². The molecule has 0 fully saturated rings. The van der Waals surface area contributed by atoms with Crippen molar-refractivity contribution in [1.29, 1.82) is 0 Å². The van der Waals surface area contributed by atoms with Gasteiger partial charge in [0.1, 0.15) is 0 Å². The van der Waals surface area contributed by atoms with Crippen molar-refractivity contribution in [3.05, 3.63) is 68.2 Å². The Morgan fingerprint density at radius 3 is 2.30 bits per heavy atom. The molecule has 0 unspecified atom stereocenters. The largest absolute Gasteiger partial charge is 0.316 e. The van der Waals surface area contributed by atoms with Crippen LogP contribution in [0.4, 0.5) is 5.69 Å². The molecule has 2 aromatic carbocycles. The van der Waals surface area contributed by atoms with Crippen LogP contribution in [0.2, 0.25) is 5.02 Å². The molecule has 0 saturated heterocycles. The van der Waals surface area contributed by atoms with Crippen LogP contribution in [0, 0.1) is 0 Å². The summed E-state index contributed by atoms with van der Waals surface area (Å²) in [6.07, 6.45) is 0. The number of anilines is 1. The molecule has 3 aromatic rings. The third kappa shape index (κ3) is 3.13. The summed E-state index contributed by atoms with van der Waals surface area (Å²) in [6.45, 7) is 0. The van der Waals surface area contributed by atoms with E-state index >= 15 is 0 Å². The molecule has 1 heterocycles. The molecule has 0 spiro atoms. The highest BCUT2D eigenvalue weighted by molar-refractivity contribution is 7.92. The van der Waals surface area contributed by atoms with Crippen LogP contribution >= 0.6 is 11.6 Å². The van der Waals surface area contributed by atoms with Gasteiger partial charge in [-0.25, -0.2) is 8.42 Å². The number of aromatic nitrogens is 2. The number of rotatable bonds is 3. The molecule has 23 heavy (non-hydrogen) atoms. The quantitative estimate of drug-likeness (QED) is 0.623. The Labute approximate surface area is 135 Å². The van der Waals surface area contributed by atoms with Gasteiger partial charge in [0.25, 0.3) is 10.0 Å². The average molecular weight is 352 g/mol. The van der Waals surface area contributed by atoms with Gasteiger partial charge in [-0.2, -0.15) is 0 Å². The Morgan fingerprint density at radius 2 is 1.61 bits per heavy atom. The number of fused-ring (bicyclic) bond motifs is 1. The maximum absolute atomic E-state index is 12.4. The molecule has 3 rings (SSSR count). The van der Waals surface area contributed by atoms with Crippen LogP contribution in [0.3, 0.4) is 0 Å². The highest BCUT2D eigenvalue weighted by Gasteiger charge is 2.15. The number of halogens is 1. The van der Waals surface area contributed by atoms with Crippen LogP contribution in [0.15, 0.2) is 56.9 Å². The molecule has 0 aliphatic carbocycles. The Kier molecular flexibility index (Phi) is 3.70. The van der Waals surface area contributed by atoms with E-state index in [-0.39, 0.29) is 10.4 Å². The number of sulfonamides is 1. The lowest BCUT2D eigenvalue weighted by Gasteiger charge is -2.09. The third-order valence-corrected chi connectivity index (χ3v) is 4.69. The topological polar surface area (TPSA) is 112 Å². The lowest BCUT2D eigenvalue weighted by Crippen LogP contribution is -2.29. The smallest absolute Gasteiger partial charge is 0.314 e. The van der Waals surface area contributed by atoms with Gasteiger partial charge in [-0.15, -0.1) is 0 Å². The zero-order chi connectivity index (χ0) is 16.6. The van der Waals surface area contributed by atoms with E-state index in [2.05, 4.69) is 14.7 Å². The first-order valence-corrected chi connectivity index (χ1v) is 8.26. The van der Waals surface area contributed by atoms with Gasteiger partial charge in [0.2, 0.25) is 0 Å². The van der Waals surface area contributed by atoms with E-state index in [0.717, 1.165) is 0 Å². The summed E-state index contributed by atoms with van der Waals surface area (Å²) in [5.74, 6) is 0. The van der Waals surface area contributed by atoms with Crippen LogP contribution in [0.25, 0.3) is 11.0 Å². The lowest BCUT2D eigenvalue weighted by molar-refractivity contribution is 0.601. The molecule has 0 bridgehead atoms. The van der Waals surface area contributed by atoms with Crippen LogP contribution in [-0.2, 0) is 10.0 Å². The molecule has 0 saturated carbocycles. The van der Waals surface area contributed by atoms with Crippen LogP contribution in [0.1, 0.15) is 0 Å². The predicted octanol–water partition coefficient (Wildman–Crippen LogP) is 1.67. The van der Waals surface area contributed by atoms with Crippen molar-refractivity contribution in [2.75, 3.05) is 4.72 Å². The number of hydrogen-bond donors (Lipinski definition) is 3. The number of hydrogen-bond acceptors (Lipinski definition) is 4. The second-order valence-electron chi connectivity index (χ2n) is 4.73. The summed E-state index contributed by atoms with van der Waals surface area (Å²) in [7, 11) is -3.87. The van der Waals surface area contributed by atoms with Crippen molar-refractivity contribution in [2.45, 2.75) is 4.90 Å². The van der Waals surface area contributed by atoms with Crippen LogP contribution in [-0.4, -0.2) is 18.4 Å². The highest BCUT2D eigenvalue weighted by atomic mass is 35.5. The van der Waals surface area contributed by atoms with Crippen molar-refractivity contribution in [1.82, 2.24) is 9.97 Å². The number of nitrogens with one attached hydrogen (secondary N) is 3. The maximum atomic E-state index is 12.4. The summed E-state index contributed by atoms with van der Waals surface area (Å²) in [4.78, 5) is 27.2. The minimum Gasteiger partial charge on any atom is -0.316 e. The van der Waals surface area contributed by atoms with Crippen LogP contribution < -0.4 is 15.8 Å². The van der Waals surface area contributed by atoms with Crippen molar-refractivity contribution in [2.24, 2.45) is 0 Å². The number of H-pyrrole nitrogens is 2. The fraction of sp³-hybridized carbons (Fsp3) is 0. The van der Waals surface area contributed by atoms with Gasteiger partial charge in [-0.05, 0) is 36.4 Å². The maximum Gasteiger partial charge on any atom is 0.314 e. The predicted molar refractivity (Wildman–Crippen MR) is 87.4 cm³/mol. The van der Waals surface area contributed by atoms with E-state index in [0.29, 0.717) is 16.2 Å². The summed E-state index contributed by atoms with van der Waals surface area (Å²) in [5.41, 5.74) is -0.799. The minimum atomic E-state index is -3.87. The fourth-order valence-electron chi connectivity index (χ4n) is 2.03. The van der Waals surface area contributed by atoms with Gasteiger partial charge in [0, 0.05) is 5.02 Å². The number of aromatic amines is 2. The summed E-state index contributed by atoms with van der Waals surface area (Å²) in [5, 5.41) is 0.394. The fourth-order valence-corrected chi connectivity index (χ4v) is 3.29. The molecular formula is C14H10ClN3O4S. The monoisotopic (exact) mass is 351 g/mol. The van der Waals surface area contributed by atoms with Gasteiger partial charge >= 0.3 is 11.1 Å². The molecule has 0 amide bonds. The Morgan fingerprint density at radius 1 is 0.913 bits per heavy atom. The zero-order valence-electron chi connectivity index (χ0n) is 11.5. The normalized spacial score (nSPS) is 11.5. The van der Waals surface area contributed by atoms with Crippen molar-refractivity contribution in [3.8, 4) is 0 Å². The van der Waals surface area contributed by atoms with E-state index in [1.165, 1.54) is 24.3 Å². The molecular weight excluding hydrogens is 342 g/mol. The molecule has 0 radical (unpaired) electrons. The standard InChI is InChI=1S/C14H10ClN3O4S/c15-8-2-1-3-9(6-8)18-23(21,22)10-4-5-11-12(7-10)17-14(20)13(19)16-11/h1-7,18H,(H,16,19)(H,17,20). The number of benzene rings is 2. The van der Waals surface area contributed by atoms with Crippen molar-refractivity contribution >= 4 is 38.3 Å². The first-order valence-electron chi connectivity index (χ1n) is 6.40. The molecule has 118 valence electrons. The highest BCUT2D eigenvalue weighted by Crippen LogP contribution is 2.20. The average Bonchev–Trinajstić information content (AvgIpc) is 2.47. The Balaban J connectivity index is 2.06. The molecule has 3 N–H and O–H groups in total. The van der Waals surface area contributed by atoms with E-state index in [4.69, 9.17) is 11.6 Å². The second-order valence-corrected chi connectivity index (χ2v) is 6.85. The van der Waals surface area contributed by atoms with E-state index in [1.807, 2.05) is 0 Å². The molecule has 7 nitrogen and oxygen atoms in total. The van der Waals surface area contributed by atoms with Gasteiger partial charge in [0.15, 0.2) is 0 Å². The first kappa shape index (κ1) is 15.3. The van der Waals surface area contributed by atoms with E-state index < -0.39 is 21.1 Å². The van der Waals surface area contributed by atoms with Crippen molar-refractivity contribution < 1.29 is 8.42 Å². The summed E-state index contributed by atoms with van der Waals surface area (Å²) in [6, 6.07) is 10.3. The Hall–Kier alpha value is -2.58. The molecule has 0 atom stereocenters. The second kappa shape index (κ2) is 5.56. The molecule has 0 aliphatic heterocycles. The van der Waals surface area contributed by atoms with Gasteiger partial charge in [0.05, 0.1) is 21.6 Å². The Bertz CT molecular complexity index is 1120. The third-order valence-electron chi connectivity index (χ3n) is 3.08. The molecule has 9 heteroatoms. The van der Waals surface area contributed by atoms with E-state index in [9.17, 15) is 18.0 Å². The van der Waals surface area contributed by atoms with Gasteiger partial charge < -0.3 is 9.97 Å². The minimum absolute atomic E-state index is 0.0623. The molecule has 0 aliphatic rings. The van der Waals surface area contributed by atoms with E-state index in [1.54, 1.807) is 18.2 Å². The first-order chi connectivity index (χ1) is 10.8. The SMILES string of the molecule is O=c1[nH]c2ccc(S(=O)(=O)Nc3cccc(Cl)c3)cc2[nH]c1=O. The van der Waals surface area contributed by atoms with Crippen molar-refractivity contribution in [3.63, 3.8) is 0 Å². The van der Waals surface area contributed by atoms with Gasteiger partial charge in [-0.3, -0.25) is 14.3 Å². The lowest BCUT2D eigenvalue weighted by atomic mass is 10.3. The summed E-state index contributed by atoms with van der Waals surface area (Å²) >= 11 is 5.82. The summed E-state index contributed by atoms with van der Waals surface area (Å²) < 4.78 is 27.2.